The van der Waals surface area contributed by atoms with E-state index in [4.69, 9.17) is 4.74 Å². The molecular formula is C17H27N2O2+. The molecule has 0 aliphatic carbocycles. The number of piperidine rings is 1. The van der Waals surface area contributed by atoms with Gasteiger partial charge in [-0.15, -0.1) is 0 Å². The molecule has 1 aromatic rings. The topological polar surface area (TPSA) is 34.0 Å². The van der Waals surface area contributed by atoms with Crippen LogP contribution in [0, 0.1) is 5.92 Å². The first-order valence-corrected chi connectivity index (χ1v) is 7.86. The van der Waals surface area contributed by atoms with Gasteiger partial charge in [-0.1, -0.05) is 12.1 Å². The van der Waals surface area contributed by atoms with Gasteiger partial charge in [0.25, 0.3) is 0 Å². The average Bonchev–Trinajstić information content (AvgIpc) is 2.48. The number of nitrogens with zero attached hydrogens (tertiary/aromatic N) is 1. The summed E-state index contributed by atoms with van der Waals surface area (Å²) in [6, 6.07) is 8.69. The van der Waals surface area contributed by atoms with Crippen LogP contribution in [0.5, 0.6) is 0 Å². The van der Waals surface area contributed by atoms with E-state index in [9.17, 15) is 4.79 Å². The highest BCUT2D eigenvalue weighted by molar-refractivity contribution is 5.72. The standard InChI is InChI=1S/C17H26N2O2/c1-4-21-17(20)15-6-5-11-19(13-15)12-14-7-9-16(10-8-14)18(2)3/h7-10,15H,4-6,11-13H2,1-3H3/p+1/t15-/m0/s1. The Kier molecular flexibility index (Phi) is 5.62. The second kappa shape index (κ2) is 7.46. The lowest BCUT2D eigenvalue weighted by molar-refractivity contribution is -0.921. The highest BCUT2D eigenvalue weighted by Gasteiger charge is 2.29. The van der Waals surface area contributed by atoms with Crippen LogP contribution in [-0.2, 0) is 16.1 Å². The molecule has 0 radical (unpaired) electrons. The number of rotatable bonds is 5. The molecule has 2 rings (SSSR count). The lowest BCUT2D eigenvalue weighted by atomic mass is 9.97. The van der Waals surface area contributed by atoms with Gasteiger partial charge < -0.3 is 14.5 Å². The van der Waals surface area contributed by atoms with Crippen molar-refractivity contribution in [3.05, 3.63) is 29.8 Å². The summed E-state index contributed by atoms with van der Waals surface area (Å²) in [4.78, 5) is 15.5. The minimum absolute atomic E-state index is 0.0161. The van der Waals surface area contributed by atoms with E-state index in [1.54, 1.807) is 0 Å². The highest BCUT2D eigenvalue weighted by atomic mass is 16.5. The highest BCUT2D eigenvalue weighted by Crippen LogP contribution is 2.13. The van der Waals surface area contributed by atoms with Crippen LogP contribution in [0.2, 0.25) is 0 Å². The second-order valence-corrected chi connectivity index (χ2v) is 6.03. The average molecular weight is 291 g/mol. The summed E-state index contributed by atoms with van der Waals surface area (Å²) in [6.45, 7) is 5.39. The molecule has 2 atom stereocenters. The lowest BCUT2D eigenvalue weighted by Gasteiger charge is -2.28. The van der Waals surface area contributed by atoms with E-state index in [1.165, 1.54) is 16.2 Å². The van der Waals surface area contributed by atoms with Gasteiger partial charge in [-0.05, 0) is 31.9 Å². The Morgan fingerprint density at radius 2 is 2.05 bits per heavy atom. The van der Waals surface area contributed by atoms with Crippen molar-refractivity contribution < 1.29 is 14.4 Å². The molecule has 1 saturated heterocycles. The molecule has 1 fully saturated rings. The zero-order valence-electron chi connectivity index (χ0n) is 13.4. The summed E-state index contributed by atoms with van der Waals surface area (Å²) >= 11 is 0. The fourth-order valence-corrected chi connectivity index (χ4v) is 2.97. The number of carbonyl (C=O) groups excluding carboxylic acids is 1. The molecule has 1 aliphatic rings. The predicted molar refractivity (Wildman–Crippen MR) is 84.5 cm³/mol. The van der Waals surface area contributed by atoms with Gasteiger partial charge in [0.05, 0.1) is 19.7 Å². The lowest BCUT2D eigenvalue weighted by Crippen LogP contribution is -3.12. The molecule has 1 unspecified atom stereocenters. The van der Waals surface area contributed by atoms with E-state index in [0.717, 1.165) is 32.5 Å². The largest absolute Gasteiger partial charge is 0.466 e. The molecular weight excluding hydrogens is 264 g/mol. The number of anilines is 1. The molecule has 1 heterocycles. The SMILES string of the molecule is CCOC(=O)[C@H]1CCC[NH+](Cc2ccc(N(C)C)cc2)C1. The van der Waals surface area contributed by atoms with Crippen LogP contribution in [-0.4, -0.2) is 39.8 Å². The first-order valence-electron chi connectivity index (χ1n) is 7.86. The Bertz CT molecular complexity index is 456. The van der Waals surface area contributed by atoms with E-state index in [1.807, 2.05) is 6.92 Å². The smallest absolute Gasteiger partial charge is 0.314 e. The van der Waals surface area contributed by atoms with Crippen molar-refractivity contribution in [1.29, 1.82) is 0 Å². The molecule has 4 nitrogen and oxygen atoms in total. The Labute approximate surface area is 127 Å². The summed E-state index contributed by atoms with van der Waals surface area (Å²) in [5, 5.41) is 0. The minimum Gasteiger partial charge on any atom is -0.466 e. The third kappa shape index (κ3) is 4.46. The van der Waals surface area contributed by atoms with Crippen LogP contribution in [0.25, 0.3) is 0 Å². The van der Waals surface area contributed by atoms with Crippen molar-refractivity contribution >= 4 is 11.7 Å². The molecule has 0 aromatic heterocycles. The van der Waals surface area contributed by atoms with Crippen molar-refractivity contribution in [1.82, 2.24) is 0 Å². The molecule has 1 aromatic carbocycles. The minimum atomic E-state index is -0.0161. The van der Waals surface area contributed by atoms with Crippen LogP contribution >= 0.6 is 0 Å². The summed E-state index contributed by atoms with van der Waals surface area (Å²) in [6.07, 6.45) is 2.08. The Hall–Kier alpha value is -1.55. The number of benzene rings is 1. The van der Waals surface area contributed by atoms with Crippen LogP contribution in [0.1, 0.15) is 25.3 Å². The summed E-state index contributed by atoms with van der Waals surface area (Å²) < 4.78 is 5.16. The van der Waals surface area contributed by atoms with Crippen molar-refractivity contribution in [2.24, 2.45) is 5.92 Å². The molecule has 4 heteroatoms. The maximum absolute atomic E-state index is 11.9. The monoisotopic (exact) mass is 291 g/mol. The van der Waals surface area contributed by atoms with Crippen molar-refractivity contribution in [3.63, 3.8) is 0 Å². The van der Waals surface area contributed by atoms with Crippen molar-refractivity contribution in [2.45, 2.75) is 26.3 Å². The number of likely N-dealkylation sites (tertiary alicyclic amines) is 1. The van der Waals surface area contributed by atoms with Gasteiger partial charge in [0.2, 0.25) is 0 Å². The van der Waals surface area contributed by atoms with E-state index < -0.39 is 0 Å². The van der Waals surface area contributed by atoms with Gasteiger partial charge >= 0.3 is 5.97 Å². The molecule has 0 spiro atoms. The number of hydrogen-bond acceptors (Lipinski definition) is 3. The summed E-state index contributed by atoms with van der Waals surface area (Å²) in [5.74, 6) is 0.0624. The quantitative estimate of drug-likeness (QED) is 0.825. The predicted octanol–water partition coefficient (Wildman–Crippen LogP) is 1.11. The normalized spacial score (nSPS) is 21.9. The van der Waals surface area contributed by atoms with Crippen LogP contribution in [0.15, 0.2) is 24.3 Å². The maximum Gasteiger partial charge on any atom is 0.314 e. The fraction of sp³-hybridized carbons (Fsp3) is 0.588. The Morgan fingerprint density at radius 3 is 2.67 bits per heavy atom. The molecule has 1 N–H and O–H groups in total. The molecule has 0 saturated carbocycles. The molecule has 0 amide bonds. The van der Waals surface area contributed by atoms with E-state index in [-0.39, 0.29) is 11.9 Å². The zero-order valence-corrected chi connectivity index (χ0v) is 13.4. The third-order valence-electron chi connectivity index (χ3n) is 4.14. The molecule has 1 aliphatic heterocycles. The van der Waals surface area contributed by atoms with Crippen molar-refractivity contribution in [3.8, 4) is 0 Å². The third-order valence-corrected chi connectivity index (χ3v) is 4.14. The van der Waals surface area contributed by atoms with Gasteiger partial charge in [-0.2, -0.15) is 0 Å². The number of hydrogen-bond donors (Lipinski definition) is 1. The molecule has 116 valence electrons. The van der Waals surface area contributed by atoms with E-state index in [0.29, 0.717) is 6.61 Å². The Balaban J connectivity index is 1.91. The fourth-order valence-electron chi connectivity index (χ4n) is 2.97. The van der Waals surface area contributed by atoms with E-state index >= 15 is 0 Å². The van der Waals surface area contributed by atoms with Gasteiger partial charge in [0.15, 0.2) is 0 Å². The molecule has 0 bridgehead atoms. The maximum atomic E-state index is 11.9. The summed E-state index contributed by atoms with van der Waals surface area (Å²) in [5.41, 5.74) is 2.55. The van der Waals surface area contributed by atoms with Crippen LogP contribution < -0.4 is 9.80 Å². The summed E-state index contributed by atoms with van der Waals surface area (Å²) in [7, 11) is 4.10. The van der Waals surface area contributed by atoms with Crippen molar-refractivity contribution in [2.75, 3.05) is 38.7 Å². The van der Waals surface area contributed by atoms with Crippen LogP contribution in [0.3, 0.4) is 0 Å². The van der Waals surface area contributed by atoms with E-state index in [2.05, 4.69) is 43.3 Å². The number of carbonyl (C=O) groups is 1. The number of esters is 1. The first kappa shape index (κ1) is 15.8. The number of ether oxygens (including phenoxy) is 1. The number of nitrogens with one attached hydrogen (secondary N) is 1. The zero-order chi connectivity index (χ0) is 15.2. The van der Waals surface area contributed by atoms with Gasteiger partial charge in [-0.25, -0.2) is 0 Å². The van der Waals surface area contributed by atoms with Gasteiger partial charge in [-0.3, -0.25) is 4.79 Å². The molecule has 21 heavy (non-hydrogen) atoms. The van der Waals surface area contributed by atoms with Crippen LogP contribution in [0.4, 0.5) is 5.69 Å². The first-order chi connectivity index (χ1) is 10.1. The Morgan fingerprint density at radius 1 is 1.33 bits per heavy atom. The van der Waals surface area contributed by atoms with Gasteiger partial charge in [0.1, 0.15) is 12.5 Å². The second-order valence-electron chi connectivity index (χ2n) is 6.03. The van der Waals surface area contributed by atoms with Gasteiger partial charge in [0, 0.05) is 25.3 Å². The number of quaternary nitrogens is 1.